The van der Waals surface area contributed by atoms with Crippen LogP contribution in [-0.4, -0.2) is 96.7 Å². The molecule has 0 spiro atoms. The van der Waals surface area contributed by atoms with Gasteiger partial charge in [-0.15, -0.1) is 6.58 Å². The fourth-order valence-corrected chi connectivity index (χ4v) is 4.71. The highest BCUT2D eigenvalue weighted by atomic mass is 16.2. The Balaban J connectivity index is 0. The lowest BCUT2D eigenvalue weighted by molar-refractivity contribution is -0.140. The second-order valence-corrected chi connectivity index (χ2v) is 12.3. The third-order valence-corrected chi connectivity index (χ3v) is 7.03. The molecule has 2 aliphatic heterocycles. The van der Waals surface area contributed by atoms with E-state index in [1.807, 2.05) is 52.5 Å². The van der Waals surface area contributed by atoms with E-state index >= 15 is 0 Å². The van der Waals surface area contributed by atoms with Gasteiger partial charge in [0.15, 0.2) is 0 Å². The summed E-state index contributed by atoms with van der Waals surface area (Å²) in [5, 5.41) is 5.48. The maximum Gasteiger partial charge on any atom is 0.249 e. The molecule has 0 aromatic rings. The monoisotopic (exact) mass is 608 g/mol. The summed E-state index contributed by atoms with van der Waals surface area (Å²) < 4.78 is 0. The van der Waals surface area contributed by atoms with E-state index in [9.17, 15) is 19.2 Å². The number of hydrogen-bond donors (Lipinski definition) is 2. The Hall–Kier alpha value is -2.68. The van der Waals surface area contributed by atoms with Crippen LogP contribution in [0.4, 0.5) is 0 Å². The molecule has 2 heterocycles. The lowest BCUT2D eigenvalue weighted by Gasteiger charge is -2.40. The first-order chi connectivity index (χ1) is 20.3. The summed E-state index contributed by atoms with van der Waals surface area (Å²) in [6, 6.07) is -0.523. The van der Waals surface area contributed by atoms with Crippen molar-refractivity contribution in [1.29, 1.82) is 0 Å². The molecule has 2 atom stereocenters. The van der Waals surface area contributed by atoms with Crippen molar-refractivity contribution in [1.82, 2.24) is 25.3 Å². The van der Waals surface area contributed by atoms with Crippen molar-refractivity contribution in [3.8, 4) is 0 Å². The molecule has 2 fully saturated rings. The molecule has 0 aromatic carbocycles. The van der Waals surface area contributed by atoms with Crippen molar-refractivity contribution in [3.63, 3.8) is 0 Å². The fraction of sp³-hybridized carbons (Fsp3) is 0.765. The van der Waals surface area contributed by atoms with Gasteiger partial charge in [-0.05, 0) is 58.4 Å². The number of carbonyl (C=O) groups excluding carboxylic acids is 4. The molecule has 0 aliphatic carbocycles. The zero-order valence-corrected chi connectivity index (χ0v) is 29.4. The lowest BCUT2D eigenvalue weighted by Crippen LogP contribution is -2.59. The van der Waals surface area contributed by atoms with Gasteiger partial charge in [-0.2, -0.15) is 0 Å². The largest absolute Gasteiger partial charge is 0.355 e. The van der Waals surface area contributed by atoms with Gasteiger partial charge in [0.1, 0.15) is 6.04 Å². The smallest absolute Gasteiger partial charge is 0.249 e. The van der Waals surface area contributed by atoms with Crippen LogP contribution < -0.4 is 10.6 Å². The van der Waals surface area contributed by atoms with E-state index in [0.29, 0.717) is 31.1 Å². The van der Waals surface area contributed by atoms with Crippen LogP contribution in [0.1, 0.15) is 108 Å². The minimum atomic E-state index is -0.626. The number of carbonyl (C=O) groups is 4. The lowest BCUT2D eigenvalue weighted by atomic mass is 9.85. The topological polar surface area (TPSA) is 102 Å². The number of hydrogen-bond acceptors (Lipinski definition) is 5. The van der Waals surface area contributed by atoms with Crippen LogP contribution in [0.5, 0.6) is 0 Å². The van der Waals surface area contributed by atoms with Crippen molar-refractivity contribution in [3.05, 3.63) is 24.3 Å². The van der Waals surface area contributed by atoms with Crippen molar-refractivity contribution < 1.29 is 19.2 Å². The molecule has 2 N–H and O–H groups in total. The number of piperidine rings is 1. The standard InChI is InChI=1S/C25H44N4O3.C4H7NO.C3H8.C2H6/c1-18(2)29-16-9-8-12-20(29)22(30)26-21(25(4,5)6)24(32)27(7)17-13-19(3)23(31)28-14-10-11-15-28;1-2-3-5-4-6;1-3-2;1-2/h13,18,20-21H,8-12,14-17H2,1-7H3,(H,26,30);2,4H,1,3H2,(H,5,6);3H2,1-2H3;1-2H3/b19-13+;;;. The first-order valence-electron chi connectivity index (χ1n) is 16.3. The van der Waals surface area contributed by atoms with Gasteiger partial charge in [0.2, 0.25) is 24.1 Å². The molecular formula is C34H65N5O4. The summed E-state index contributed by atoms with van der Waals surface area (Å²) >= 11 is 0. The molecule has 0 aromatic heterocycles. The summed E-state index contributed by atoms with van der Waals surface area (Å²) in [4.78, 5) is 54.2. The minimum Gasteiger partial charge on any atom is -0.355 e. The predicted octanol–water partition coefficient (Wildman–Crippen LogP) is 5.17. The van der Waals surface area contributed by atoms with Gasteiger partial charge in [0.05, 0.1) is 6.04 Å². The summed E-state index contributed by atoms with van der Waals surface area (Å²) in [6.45, 7) is 27.0. The van der Waals surface area contributed by atoms with Gasteiger partial charge in [-0.25, -0.2) is 0 Å². The van der Waals surface area contributed by atoms with E-state index in [1.165, 1.54) is 6.42 Å². The van der Waals surface area contributed by atoms with E-state index in [4.69, 9.17) is 0 Å². The summed E-state index contributed by atoms with van der Waals surface area (Å²) in [5.74, 6) is -0.137. The Morgan fingerprint density at radius 3 is 2.00 bits per heavy atom. The molecule has 9 heteroatoms. The summed E-state index contributed by atoms with van der Waals surface area (Å²) in [7, 11) is 1.73. The number of likely N-dealkylation sites (N-methyl/N-ethyl adjacent to an activating group) is 1. The van der Waals surface area contributed by atoms with Crippen molar-refractivity contribution in [2.75, 3.05) is 39.8 Å². The average molecular weight is 608 g/mol. The van der Waals surface area contributed by atoms with Gasteiger partial charge < -0.3 is 20.4 Å². The third-order valence-electron chi connectivity index (χ3n) is 7.03. The van der Waals surface area contributed by atoms with Crippen molar-refractivity contribution in [2.45, 2.75) is 126 Å². The van der Waals surface area contributed by atoms with Gasteiger partial charge in [-0.1, -0.05) is 73.5 Å². The van der Waals surface area contributed by atoms with Crippen LogP contribution in [0.3, 0.4) is 0 Å². The number of nitrogens with zero attached hydrogens (tertiary/aromatic N) is 3. The van der Waals surface area contributed by atoms with Crippen molar-refractivity contribution >= 4 is 24.1 Å². The highest BCUT2D eigenvalue weighted by Gasteiger charge is 2.38. The van der Waals surface area contributed by atoms with Gasteiger partial charge in [-0.3, -0.25) is 24.1 Å². The van der Waals surface area contributed by atoms with Crippen LogP contribution in [0, 0.1) is 5.41 Å². The Kier molecular flexibility index (Phi) is 23.4. The third kappa shape index (κ3) is 16.7. The highest BCUT2D eigenvalue weighted by molar-refractivity contribution is 5.93. The maximum atomic E-state index is 13.3. The van der Waals surface area contributed by atoms with Gasteiger partial charge in [0.25, 0.3) is 0 Å². The van der Waals surface area contributed by atoms with Crippen molar-refractivity contribution in [2.24, 2.45) is 5.41 Å². The van der Waals surface area contributed by atoms with E-state index in [0.717, 1.165) is 51.7 Å². The van der Waals surface area contributed by atoms with E-state index < -0.39 is 11.5 Å². The number of nitrogens with one attached hydrogen (secondary N) is 2. The molecular weight excluding hydrogens is 542 g/mol. The molecule has 9 nitrogen and oxygen atoms in total. The molecule has 2 unspecified atom stereocenters. The van der Waals surface area contributed by atoms with Gasteiger partial charge >= 0.3 is 0 Å². The zero-order chi connectivity index (χ0) is 33.6. The Labute approximate surface area is 263 Å². The van der Waals surface area contributed by atoms with E-state index in [1.54, 1.807) is 18.0 Å². The molecule has 43 heavy (non-hydrogen) atoms. The normalized spacial score (nSPS) is 17.5. The SMILES string of the molecule is C/C(=C\CN(C)C(=O)C(NC(=O)C1CCCCN1C(C)C)C(C)(C)C)C(=O)N1CCCC1.C=CCNC=O.CC.CCC. The van der Waals surface area contributed by atoms with E-state index in [2.05, 4.69) is 49.8 Å². The number of amides is 4. The minimum absolute atomic E-state index is 0.0510. The molecule has 0 radical (unpaired) electrons. The number of likely N-dealkylation sites (tertiary alicyclic amines) is 2. The summed E-state index contributed by atoms with van der Waals surface area (Å²) in [6.07, 6.45) is 10.4. The number of rotatable bonds is 10. The first-order valence-corrected chi connectivity index (χ1v) is 16.3. The molecule has 250 valence electrons. The molecule has 2 saturated heterocycles. The van der Waals surface area contributed by atoms with Crippen LogP contribution in [0.2, 0.25) is 0 Å². The van der Waals surface area contributed by atoms with E-state index in [-0.39, 0.29) is 23.8 Å². The van der Waals surface area contributed by atoms with Crippen LogP contribution >= 0.6 is 0 Å². The van der Waals surface area contributed by atoms with Crippen LogP contribution in [0.15, 0.2) is 24.3 Å². The summed E-state index contributed by atoms with van der Waals surface area (Å²) in [5.41, 5.74) is 0.236. The zero-order valence-electron chi connectivity index (χ0n) is 29.4. The maximum absolute atomic E-state index is 13.3. The quantitative estimate of drug-likeness (QED) is 0.154. The molecule has 4 amide bonds. The Morgan fingerprint density at radius 2 is 1.56 bits per heavy atom. The average Bonchev–Trinajstić information content (AvgIpc) is 3.53. The molecule has 2 aliphatic rings. The Bertz CT molecular complexity index is 836. The van der Waals surface area contributed by atoms with Crippen LogP contribution in [-0.2, 0) is 19.2 Å². The van der Waals surface area contributed by atoms with Crippen LogP contribution in [0.25, 0.3) is 0 Å². The fourth-order valence-electron chi connectivity index (χ4n) is 4.71. The second kappa shape index (κ2) is 23.7. The van der Waals surface area contributed by atoms with Gasteiger partial charge in [0, 0.05) is 44.8 Å². The molecule has 2 rings (SSSR count). The first kappa shape index (κ1) is 42.5. The molecule has 0 bridgehead atoms. The predicted molar refractivity (Wildman–Crippen MR) is 180 cm³/mol. The highest BCUT2D eigenvalue weighted by Crippen LogP contribution is 2.24. The second-order valence-electron chi connectivity index (χ2n) is 12.3. The molecule has 0 saturated carbocycles. The Morgan fingerprint density at radius 1 is 1.02 bits per heavy atom.